The number of ether oxygens (including phenoxy) is 1. The number of carboxylic acid groups (broad SMARTS) is 1. The number of carbonyl (C=O) groups is 1. The van der Waals surface area contributed by atoms with Crippen LogP contribution < -0.4 is 4.74 Å². The second kappa shape index (κ2) is 10.9. The van der Waals surface area contributed by atoms with Crippen LogP contribution >= 0.6 is 11.6 Å². The minimum atomic E-state index is -4.40. The summed E-state index contributed by atoms with van der Waals surface area (Å²) in [5, 5.41) is 9.52. The van der Waals surface area contributed by atoms with E-state index in [1.54, 1.807) is 37.3 Å². The first-order valence-corrected chi connectivity index (χ1v) is 11.3. The van der Waals surface area contributed by atoms with Gasteiger partial charge in [-0.15, -0.1) is 0 Å². The molecule has 1 N–H and O–H groups in total. The number of aromatic nitrogens is 1. The summed E-state index contributed by atoms with van der Waals surface area (Å²) >= 11 is 6.39. The standard InChI is InChI=1S/C26H25ClF3NO3/c1-3-4-8-24(34-23-14-11-18(15-20(23)27)16(2)25(32)33)22-7-5-6-21(31-22)17-9-12-19(13-10-17)26(28,29)30/h5-7,9-16,24H,3-4,8H2,1-2H3,(H,32,33)/t16?,24-/m0/s1. The Bertz CT molecular complexity index is 1130. The highest BCUT2D eigenvalue weighted by Gasteiger charge is 2.30. The zero-order valence-corrected chi connectivity index (χ0v) is 19.5. The van der Waals surface area contributed by atoms with Crippen LogP contribution in [0.5, 0.6) is 5.75 Å². The molecule has 0 radical (unpaired) electrons. The smallest absolute Gasteiger partial charge is 0.416 e. The lowest BCUT2D eigenvalue weighted by atomic mass is 10.0. The van der Waals surface area contributed by atoms with Crippen molar-refractivity contribution < 1.29 is 27.8 Å². The number of hydrogen-bond donors (Lipinski definition) is 1. The Morgan fingerprint density at radius 2 is 1.82 bits per heavy atom. The Balaban J connectivity index is 1.88. The van der Waals surface area contributed by atoms with Crippen LogP contribution in [0, 0.1) is 0 Å². The van der Waals surface area contributed by atoms with Crippen LogP contribution in [0.3, 0.4) is 0 Å². The van der Waals surface area contributed by atoms with Gasteiger partial charge in [-0.2, -0.15) is 13.2 Å². The maximum atomic E-state index is 12.9. The molecular weight excluding hydrogens is 467 g/mol. The number of pyridine rings is 1. The summed E-state index contributed by atoms with van der Waals surface area (Å²) < 4.78 is 44.9. The van der Waals surface area contributed by atoms with E-state index in [0.29, 0.717) is 39.7 Å². The SMILES string of the molecule is CCCC[C@H](Oc1ccc(C(C)C(=O)O)cc1Cl)c1cccc(-c2ccc(C(F)(F)F)cc2)n1. The fourth-order valence-corrected chi connectivity index (χ4v) is 3.69. The summed E-state index contributed by atoms with van der Waals surface area (Å²) in [6, 6.07) is 15.1. The van der Waals surface area contributed by atoms with Gasteiger partial charge in [0, 0.05) is 5.56 Å². The Labute approximate surface area is 201 Å². The Hall–Kier alpha value is -3.06. The van der Waals surface area contributed by atoms with Crippen LogP contribution in [0.1, 0.15) is 62.0 Å². The van der Waals surface area contributed by atoms with Crippen molar-refractivity contribution in [3.63, 3.8) is 0 Å². The van der Waals surface area contributed by atoms with Gasteiger partial charge in [0.05, 0.1) is 27.9 Å². The van der Waals surface area contributed by atoms with Crippen LogP contribution in [0.4, 0.5) is 13.2 Å². The maximum absolute atomic E-state index is 12.9. The van der Waals surface area contributed by atoms with E-state index < -0.39 is 29.7 Å². The number of hydrogen-bond acceptors (Lipinski definition) is 3. The van der Waals surface area contributed by atoms with Crippen LogP contribution in [0.15, 0.2) is 60.7 Å². The van der Waals surface area contributed by atoms with Crippen molar-refractivity contribution in [1.29, 1.82) is 0 Å². The monoisotopic (exact) mass is 491 g/mol. The summed E-state index contributed by atoms with van der Waals surface area (Å²) in [5.74, 6) is -1.25. The van der Waals surface area contributed by atoms with Gasteiger partial charge in [0.1, 0.15) is 11.9 Å². The molecule has 0 bridgehead atoms. The highest BCUT2D eigenvalue weighted by Crippen LogP contribution is 2.35. The van der Waals surface area contributed by atoms with Crippen molar-refractivity contribution in [2.24, 2.45) is 0 Å². The van der Waals surface area contributed by atoms with Gasteiger partial charge in [0.15, 0.2) is 0 Å². The molecule has 0 saturated heterocycles. The van der Waals surface area contributed by atoms with Crippen molar-refractivity contribution in [2.75, 3.05) is 0 Å². The number of rotatable bonds is 9. The van der Waals surface area contributed by atoms with Crippen molar-refractivity contribution in [1.82, 2.24) is 4.98 Å². The van der Waals surface area contributed by atoms with Crippen molar-refractivity contribution >= 4 is 17.6 Å². The first kappa shape index (κ1) is 25.6. The molecule has 2 atom stereocenters. The minimum absolute atomic E-state index is 0.297. The van der Waals surface area contributed by atoms with Gasteiger partial charge in [0.25, 0.3) is 0 Å². The zero-order valence-electron chi connectivity index (χ0n) is 18.8. The third-order valence-corrected chi connectivity index (χ3v) is 5.82. The largest absolute Gasteiger partial charge is 0.483 e. The normalized spacial score (nSPS) is 13.4. The predicted octanol–water partition coefficient (Wildman–Crippen LogP) is 7.92. The molecule has 4 nitrogen and oxygen atoms in total. The van der Waals surface area contributed by atoms with Gasteiger partial charge in [-0.1, -0.05) is 49.2 Å². The third kappa shape index (κ3) is 6.29. The van der Waals surface area contributed by atoms with Gasteiger partial charge in [-0.25, -0.2) is 4.98 Å². The summed E-state index contributed by atoms with van der Waals surface area (Å²) in [7, 11) is 0. The van der Waals surface area contributed by atoms with E-state index in [0.717, 1.165) is 25.0 Å². The van der Waals surface area contributed by atoms with Crippen LogP contribution in [-0.4, -0.2) is 16.1 Å². The molecule has 2 aromatic carbocycles. The predicted molar refractivity (Wildman–Crippen MR) is 125 cm³/mol. The number of halogens is 4. The van der Waals surface area contributed by atoms with Crippen molar-refractivity contribution in [3.05, 3.63) is 82.5 Å². The highest BCUT2D eigenvalue weighted by atomic mass is 35.5. The molecule has 180 valence electrons. The van der Waals surface area contributed by atoms with Crippen molar-refractivity contribution in [2.45, 2.75) is 51.3 Å². The second-order valence-electron chi connectivity index (χ2n) is 8.02. The Morgan fingerprint density at radius 3 is 2.41 bits per heavy atom. The summed E-state index contributed by atoms with van der Waals surface area (Å²) in [5.41, 5.74) is 1.58. The second-order valence-corrected chi connectivity index (χ2v) is 8.43. The molecular formula is C26H25ClF3NO3. The molecule has 1 aromatic heterocycles. The average Bonchev–Trinajstić information content (AvgIpc) is 2.81. The van der Waals surface area contributed by atoms with E-state index in [1.807, 2.05) is 6.07 Å². The van der Waals surface area contributed by atoms with Crippen LogP contribution in [0.2, 0.25) is 5.02 Å². The lowest BCUT2D eigenvalue weighted by Gasteiger charge is -2.21. The van der Waals surface area contributed by atoms with Crippen molar-refractivity contribution in [3.8, 4) is 17.0 Å². The Kier molecular flexibility index (Phi) is 8.20. The molecule has 1 heterocycles. The van der Waals surface area contributed by atoms with Gasteiger partial charge < -0.3 is 9.84 Å². The molecule has 0 aliphatic rings. The molecule has 0 fully saturated rings. The first-order chi connectivity index (χ1) is 16.1. The van der Waals surface area contributed by atoms with Gasteiger partial charge in [-0.3, -0.25) is 4.79 Å². The fourth-order valence-electron chi connectivity index (χ4n) is 3.46. The molecule has 0 amide bonds. The highest BCUT2D eigenvalue weighted by molar-refractivity contribution is 6.32. The minimum Gasteiger partial charge on any atom is -0.483 e. The molecule has 34 heavy (non-hydrogen) atoms. The summed E-state index contributed by atoms with van der Waals surface area (Å²) in [6.45, 7) is 3.63. The fraction of sp³-hybridized carbons (Fsp3) is 0.308. The lowest BCUT2D eigenvalue weighted by molar-refractivity contribution is -0.138. The van der Waals surface area contributed by atoms with E-state index >= 15 is 0 Å². The zero-order chi connectivity index (χ0) is 24.9. The van der Waals surface area contributed by atoms with E-state index in [2.05, 4.69) is 11.9 Å². The molecule has 3 rings (SSSR count). The van der Waals surface area contributed by atoms with Gasteiger partial charge in [-0.05, 0) is 61.7 Å². The van der Waals surface area contributed by atoms with Crippen LogP contribution in [-0.2, 0) is 11.0 Å². The van der Waals surface area contributed by atoms with E-state index in [9.17, 15) is 23.1 Å². The number of nitrogens with zero attached hydrogens (tertiary/aromatic N) is 1. The number of unbranched alkanes of at least 4 members (excludes halogenated alkanes) is 1. The molecule has 8 heteroatoms. The number of aliphatic carboxylic acids is 1. The number of benzene rings is 2. The van der Waals surface area contributed by atoms with Crippen LogP contribution in [0.25, 0.3) is 11.3 Å². The Morgan fingerprint density at radius 1 is 1.12 bits per heavy atom. The first-order valence-electron chi connectivity index (χ1n) is 10.9. The van der Waals surface area contributed by atoms with E-state index in [1.165, 1.54) is 12.1 Å². The number of carboxylic acids is 1. The van der Waals surface area contributed by atoms with Gasteiger partial charge >= 0.3 is 12.1 Å². The number of alkyl halides is 3. The molecule has 0 saturated carbocycles. The van der Waals surface area contributed by atoms with E-state index in [4.69, 9.17) is 16.3 Å². The molecule has 0 spiro atoms. The molecule has 0 aliphatic carbocycles. The third-order valence-electron chi connectivity index (χ3n) is 5.52. The summed E-state index contributed by atoms with van der Waals surface area (Å²) in [4.78, 5) is 15.9. The molecule has 1 unspecified atom stereocenters. The molecule has 0 aliphatic heterocycles. The quantitative estimate of drug-likeness (QED) is 0.330. The molecule has 3 aromatic rings. The summed E-state index contributed by atoms with van der Waals surface area (Å²) in [6.07, 6.45) is -2.38. The average molecular weight is 492 g/mol. The lowest BCUT2D eigenvalue weighted by Crippen LogP contribution is -2.11. The topological polar surface area (TPSA) is 59.4 Å². The van der Waals surface area contributed by atoms with Gasteiger partial charge in [0.2, 0.25) is 0 Å². The van der Waals surface area contributed by atoms with E-state index in [-0.39, 0.29) is 0 Å². The maximum Gasteiger partial charge on any atom is 0.416 e.